The molecule has 2 fully saturated rings. The Kier molecular flexibility index (Phi) is 4.72. The van der Waals surface area contributed by atoms with E-state index < -0.39 is 0 Å². The van der Waals surface area contributed by atoms with Crippen molar-refractivity contribution in [3.05, 3.63) is 6.20 Å². The molecule has 2 aliphatic rings. The maximum atomic E-state index is 12.1. The predicted octanol–water partition coefficient (Wildman–Crippen LogP) is 1.44. The molecule has 2 heterocycles. The highest BCUT2D eigenvalue weighted by Crippen LogP contribution is 2.24. The van der Waals surface area contributed by atoms with Gasteiger partial charge in [0.1, 0.15) is 0 Å². The van der Waals surface area contributed by atoms with E-state index in [0.717, 1.165) is 38.8 Å². The van der Waals surface area contributed by atoms with Crippen LogP contribution in [-0.4, -0.2) is 24.3 Å². The van der Waals surface area contributed by atoms with E-state index in [1.54, 1.807) is 11.0 Å². The Labute approximate surface area is 125 Å². The zero-order valence-electron chi connectivity index (χ0n) is 12.5. The van der Waals surface area contributed by atoms with E-state index in [9.17, 15) is 5.11 Å². The number of hydrogen-bond donors (Lipinski definition) is 0. The van der Waals surface area contributed by atoms with E-state index in [0.29, 0.717) is 5.88 Å². The highest BCUT2D eigenvalue weighted by atomic mass is 16.5. The van der Waals surface area contributed by atoms with Crippen LogP contribution in [0.15, 0.2) is 15.7 Å². The lowest BCUT2D eigenvalue weighted by atomic mass is 9.89. The normalized spacial score (nSPS) is 22.3. The van der Waals surface area contributed by atoms with Gasteiger partial charge in [-0.05, 0) is 37.5 Å². The van der Waals surface area contributed by atoms with Crippen molar-refractivity contribution in [1.82, 2.24) is 5.27 Å². The first kappa shape index (κ1) is 14.4. The summed E-state index contributed by atoms with van der Waals surface area (Å²) in [5.41, 5.74) is 0. The lowest BCUT2D eigenvalue weighted by Crippen LogP contribution is -2.59. The molecule has 1 aliphatic heterocycles. The summed E-state index contributed by atoms with van der Waals surface area (Å²) in [6.45, 7) is 1.96. The molecule has 0 bridgehead atoms. The van der Waals surface area contributed by atoms with E-state index in [2.05, 4.69) is 15.3 Å². The molecule has 3 rings (SSSR count). The molecule has 1 aliphatic carbocycles. The van der Waals surface area contributed by atoms with Gasteiger partial charge in [-0.3, -0.25) is 4.52 Å². The number of hydrogen-bond acceptors (Lipinski definition) is 5. The van der Waals surface area contributed by atoms with E-state index in [-0.39, 0.29) is 11.8 Å². The molecule has 6 nitrogen and oxygen atoms in total. The second kappa shape index (κ2) is 6.91. The van der Waals surface area contributed by atoms with Gasteiger partial charge in [0.05, 0.1) is 17.9 Å². The molecule has 0 atom stereocenters. The van der Waals surface area contributed by atoms with Gasteiger partial charge in [-0.25, -0.2) is 4.99 Å². The average Bonchev–Trinajstić information content (AvgIpc) is 2.81. The maximum absolute atomic E-state index is 12.1. The number of rotatable bonds is 3. The van der Waals surface area contributed by atoms with Crippen LogP contribution in [0, 0.1) is 5.92 Å². The fourth-order valence-corrected chi connectivity index (χ4v) is 3.22. The average molecular weight is 292 g/mol. The summed E-state index contributed by atoms with van der Waals surface area (Å²) in [5, 5.41) is 18.3. The molecule has 0 spiro atoms. The van der Waals surface area contributed by atoms with Gasteiger partial charge in [0.25, 0.3) is 6.20 Å². The number of aliphatic imine (C=N–C) groups is 1. The van der Waals surface area contributed by atoms with E-state index in [4.69, 9.17) is 4.52 Å². The molecule has 1 saturated heterocycles. The summed E-state index contributed by atoms with van der Waals surface area (Å²) in [6, 6.07) is 0. The maximum Gasteiger partial charge on any atom is 0.324 e. The minimum absolute atomic E-state index is 0.0473. The highest BCUT2D eigenvalue weighted by molar-refractivity contribution is 5.76. The molecule has 0 N–H and O–H groups in total. The third-order valence-electron chi connectivity index (χ3n) is 4.49. The topological polar surface area (TPSA) is 68.6 Å². The molecule has 0 unspecified atom stereocenters. The lowest BCUT2D eigenvalue weighted by molar-refractivity contribution is -0.758. The molecule has 21 heavy (non-hydrogen) atoms. The van der Waals surface area contributed by atoms with Gasteiger partial charge in [-0.15, -0.1) is 0 Å². The van der Waals surface area contributed by atoms with Crippen molar-refractivity contribution in [2.45, 2.75) is 57.8 Å². The minimum atomic E-state index is -0.0473. The first-order valence-electron chi connectivity index (χ1n) is 8.22. The molecule has 0 aromatic carbocycles. The van der Waals surface area contributed by atoms with E-state index >= 15 is 0 Å². The highest BCUT2D eigenvalue weighted by Gasteiger charge is 2.22. The van der Waals surface area contributed by atoms with Crippen LogP contribution in [0.25, 0.3) is 0 Å². The fourth-order valence-electron chi connectivity index (χ4n) is 3.22. The second-order valence-electron chi connectivity index (χ2n) is 6.11. The Balaban J connectivity index is 1.66. The zero-order chi connectivity index (χ0) is 14.5. The molecule has 6 heteroatoms. The SMILES string of the molecule is [O-]C(=Nc1c[n+](N2CCCCCC2)no1)C1CCCCC1. The van der Waals surface area contributed by atoms with Crippen molar-refractivity contribution >= 4 is 11.8 Å². The Hall–Kier alpha value is -1.59. The Morgan fingerprint density at radius 2 is 1.81 bits per heavy atom. The van der Waals surface area contributed by atoms with Crippen LogP contribution < -0.4 is 14.9 Å². The van der Waals surface area contributed by atoms with Crippen LogP contribution in [0.3, 0.4) is 0 Å². The van der Waals surface area contributed by atoms with Crippen LogP contribution in [-0.2, 0) is 0 Å². The van der Waals surface area contributed by atoms with Crippen molar-refractivity contribution in [1.29, 1.82) is 0 Å². The first-order valence-corrected chi connectivity index (χ1v) is 8.22. The first-order chi connectivity index (χ1) is 10.3. The van der Waals surface area contributed by atoms with E-state index in [1.807, 2.05) is 0 Å². The zero-order valence-corrected chi connectivity index (χ0v) is 12.5. The summed E-state index contributed by atoms with van der Waals surface area (Å²) >= 11 is 0. The molecule has 1 aromatic heterocycles. The molecular formula is C15H24N4O2. The molecule has 0 amide bonds. The van der Waals surface area contributed by atoms with Crippen LogP contribution in [0.2, 0.25) is 0 Å². The summed E-state index contributed by atoms with van der Waals surface area (Å²) in [6.07, 6.45) is 12.0. The summed E-state index contributed by atoms with van der Waals surface area (Å²) < 4.78 is 5.20. The largest absolute Gasteiger partial charge is 0.861 e. The standard InChI is InChI=1S/C15H24N4O2/c20-15(13-8-4-3-5-9-13)16-14-12-19(17-21-14)18-10-6-1-2-7-11-18/h12-13H,1-11H2. The molecule has 1 aromatic rings. The third kappa shape index (κ3) is 3.74. The van der Waals surface area contributed by atoms with E-state index in [1.165, 1.54) is 32.1 Å². The summed E-state index contributed by atoms with van der Waals surface area (Å²) in [5.74, 6) is 0.360. The quantitative estimate of drug-likeness (QED) is 0.480. The number of nitrogens with zero attached hydrogens (tertiary/aromatic N) is 4. The van der Waals surface area contributed by atoms with Crippen LogP contribution in [0.1, 0.15) is 57.8 Å². The number of aromatic nitrogens is 2. The van der Waals surface area contributed by atoms with Crippen molar-refractivity contribution in [3.8, 4) is 0 Å². The van der Waals surface area contributed by atoms with Gasteiger partial charge in [-0.2, -0.15) is 5.01 Å². The van der Waals surface area contributed by atoms with Gasteiger partial charge in [0, 0.05) is 0 Å². The third-order valence-corrected chi connectivity index (χ3v) is 4.49. The van der Waals surface area contributed by atoms with Crippen molar-refractivity contribution in [2.24, 2.45) is 10.9 Å². The predicted molar refractivity (Wildman–Crippen MR) is 76.8 cm³/mol. The van der Waals surface area contributed by atoms with Crippen molar-refractivity contribution in [3.63, 3.8) is 0 Å². The molecular weight excluding hydrogens is 268 g/mol. The van der Waals surface area contributed by atoms with Crippen LogP contribution >= 0.6 is 0 Å². The minimum Gasteiger partial charge on any atom is -0.861 e. The van der Waals surface area contributed by atoms with Gasteiger partial charge in [0.2, 0.25) is 5.27 Å². The fraction of sp³-hybridized carbons (Fsp3) is 0.800. The summed E-state index contributed by atoms with van der Waals surface area (Å²) in [7, 11) is 0. The summed E-state index contributed by atoms with van der Waals surface area (Å²) in [4.78, 5) is 5.81. The molecule has 0 radical (unpaired) electrons. The Bertz CT molecular complexity index is 472. The van der Waals surface area contributed by atoms with Crippen molar-refractivity contribution in [2.75, 3.05) is 18.1 Å². The molecule has 1 saturated carbocycles. The van der Waals surface area contributed by atoms with Gasteiger partial charge < -0.3 is 5.11 Å². The lowest BCUT2D eigenvalue weighted by Gasteiger charge is -2.25. The monoisotopic (exact) mass is 292 g/mol. The van der Waals surface area contributed by atoms with Gasteiger partial charge in [-0.1, -0.05) is 32.1 Å². The van der Waals surface area contributed by atoms with Gasteiger partial charge >= 0.3 is 5.88 Å². The smallest absolute Gasteiger partial charge is 0.324 e. The van der Waals surface area contributed by atoms with Gasteiger partial charge in [0.15, 0.2) is 0 Å². The Morgan fingerprint density at radius 1 is 1.14 bits per heavy atom. The van der Waals surface area contributed by atoms with Crippen LogP contribution in [0.4, 0.5) is 5.88 Å². The Morgan fingerprint density at radius 3 is 2.52 bits per heavy atom. The van der Waals surface area contributed by atoms with Crippen LogP contribution in [0.5, 0.6) is 0 Å². The second-order valence-corrected chi connectivity index (χ2v) is 6.11. The van der Waals surface area contributed by atoms with Crippen molar-refractivity contribution < 1.29 is 14.4 Å². The molecule has 116 valence electrons.